The number of carbonyl (C=O) groups excluding carboxylic acids is 1. The zero-order chi connectivity index (χ0) is 24.1. The van der Waals surface area contributed by atoms with Gasteiger partial charge in [-0.25, -0.2) is 0 Å². The predicted octanol–water partition coefficient (Wildman–Crippen LogP) is 4.24. The highest BCUT2D eigenvalue weighted by atomic mass is 32.1. The minimum absolute atomic E-state index is 0.0371. The van der Waals surface area contributed by atoms with E-state index >= 15 is 0 Å². The van der Waals surface area contributed by atoms with Crippen molar-refractivity contribution in [3.63, 3.8) is 0 Å². The van der Waals surface area contributed by atoms with Crippen LogP contribution in [0.15, 0.2) is 30.5 Å². The fraction of sp³-hybridized carbons (Fsp3) is 0.522. The number of alkyl halides is 3. The Morgan fingerprint density at radius 3 is 2.71 bits per heavy atom. The summed E-state index contributed by atoms with van der Waals surface area (Å²) in [5.41, 5.74) is 2.23. The first-order valence-corrected chi connectivity index (χ1v) is 12.4. The van der Waals surface area contributed by atoms with Gasteiger partial charge in [0.15, 0.2) is 0 Å². The Balaban J connectivity index is 1.37. The molecule has 3 heterocycles. The first kappa shape index (κ1) is 24.5. The van der Waals surface area contributed by atoms with Crippen molar-refractivity contribution in [3.05, 3.63) is 41.0 Å². The normalized spacial score (nSPS) is 16.2. The number of benzene rings is 1. The zero-order valence-electron chi connectivity index (χ0n) is 19.1. The minimum atomic E-state index is -4.20. The summed E-state index contributed by atoms with van der Waals surface area (Å²) in [6.45, 7) is 2.66. The number of halogens is 3. The van der Waals surface area contributed by atoms with Crippen LogP contribution in [0.3, 0.4) is 0 Å². The molecule has 1 aromatic carbocycles. The second-order valence-corrected chi connectivity index (χ2v) is 9.60. The van der Waals surface area contributed by atoms with Gasteiger partial charge < -0.3 is 15.2 Å². The van der Waals surface area contributed by atoms with Crippen molar-refractivity contribution in [2.45, 2.75) is 44.8 Å². The molecule has 1 unspecified atom stereocenters. The summed E-state index contributed by atoms with van der Waals surface area (Å²) >= 11 is 1.18. The van der Waals surface area contributed by atoms with Crippen LogP contribution in [0, 0.1) is 0 Å². The summed E-state index contributed by atoms with van der Waals surface area (Å²) in [6, 6.07) is 8.06. The Hall–Kier alpha value is -2.66. The zero-order valence-corrected chi connectivity index (χ0v) is 19.9. The molecule has 1 fully saturated rings. The van der Waals surface area contributed by atoms with Gasteiger partial charge in [0.05, 0.1) is 6.54 Å². The largest absolute Gasteiger partial charge is 0.401 e. The summed E-state index contributed by atoms with van der Waals surface area (Å²) in [5, 5.41) is 13.3. The lowest BCUT2D eigenvalue weighted by molar-refractivity contribution is -0.146. The van der Waals surface area contributed by atoms with E-state index in [4.69, 9.17) is 0 Å². The van der Waals surface area contributed by atoms with E-state index in [2.05, 4.69) is 33.5 Å². The number of H-pyrrole nitrogens is 1. The Morgan fingerprint density at radius 1 is 1.21 bits per heavy atom. The number of anilines is 1. The van der Waals surface area contributed by atoms with Gasteiger partial charge in [-0.1, -0.05) is 49.3 Å². The second-order valence-electron chi connectivity index (χ2n) is 8.64. The lowest BCUT2D eigenvalue weighted by atomic mass is 10.0. The second kappa shape index (κ2) is 10.7. The predicted molar refractivity (Wildman–Crippen MR) is 127 cm³/mol. The minimum Gasteiger partial charge on any atom is -0.361 e. The molecule has 2 aromatic heterocycles. The van der Waals surface area contributed by atoms with Crippen LogP contribution in [0.4, 0.5) is 18.3 Å². The number of fused-ring (bicyclic) bond motifs is 1. The van der Waals surface area contributed by atoms with Crippen LogP contribution in [0.1, 0.15) is 41.6 Å². The molecule has 0 aliphatic carbocycles. The van der Waals surface area contributed by atoms with E-state index in [0.717, 1.165) is 35.7 Å². The van der Waals surface area contributed by atoms with Crippen LogP contribution >= 0.6 is 11.3 Å². The number of aromatic nitrogens is 3. The third-order valence-corrected chi connectivity index (χ3v) is 7.02. The highest BCUT2D eigenvalue weighted by molar-refractivity contribution is 7.17. The van der Waals surface area contributed by atoms with Gasteiger partial charge in [-0.3, -0.25) is 9.69 Å². The molecule has 1 aliphatic rings. The van der Waals surface area contributed by atoms with Gasteiger partial charge in [0.25, 0.3) is 5.91 Å². The maximum atomic E-state index is 13.0. The van der Waals surface area contributed by atoms with Crippen LogP contribution in [0.5, 0.6) is 0 Å². The fourth-order valence-corrected chi connectivity index (χ4v) is 5.07. The number of hydrogen-bond donors (Lipinski definition) is 2. The van der Waals surface area contributed by atoms with Gasteiger partial charge in [-0.05, 0) is 24.5 Å². The van der Waals surface area contributed by atoms with Crippen LogP contribution in [-0.2, 0) is 6.42 Å². The van der Waals surface area contributed by atoms with Gasteiger partial charge in [0.1, 0.15) is 0 Å². The molecule has 1 saturated heterocycles. The molecule has 0 bridgehead atoms. The average Bonchev–Trinajstić information content (AvgIpc) is 3.45. The summed E-state index contributed by atoms with van der Waals surface area (Å²) in [7, 11) is 0. The maximum Gasteiger partial charge on any atom is 0.401 e. The van der Waals surface area contributed by atoms with Gasteiger partial charge in [-0.2, -0.15) is 13.2 Å². The molecule has 1 amide bonds. The number of unbranched alkanes of at least 4 members (excludes halogenated alkanes) is 1. The molecule has 0 spiro atoms. The van der Waals surface area contributed by atoms with E-state index in [-0.39, 0.29) is 17.0 Å². The SMILES string of the molecule is CCCCC(Cc1c[nH]c2ccccc12)NC(=O)c1nnc(N2CCN(CC(F)(F)F)CC2)s1. The molecule has 34 heavy (non-hydrogen) atoms. The number of piperazine rings is 1. The Labute approximate surface area is 200 Å². The van der Waals surface area contributed by atoms with Crippen molar-refractivity contribution in [3.8, 4) is 0 Å². The lowest BCUT2D eigenvalue weighted by Crippen LogP contribution is -2.49. The van der Waals surface area contributed by atoms with Crippen molar-refractivity contribution in [2.75, 3.05) is 37.6 Å². The van der Waals surface area contributed by atoms with E-state index in [1.165, 1.54) is 16.2 Å². The standard InChI is InChI=1S/C23H29F3N6OS/c1-2-3-6-17(13-16-14-27-19-8-5-4-7-18(16)19)28-20(33)21-29-30-22(34-21)32-11-9-31(10-12-32)15-23(24,25)26/h4-5,7-8,14,17,27H,2-3,6,9-13,15H2,1H3,(H,28,33). The van der Waals surface area contributed by atoms with Crippen molar-refractivity contribution >= 4 is 33.3 Å². The number of rotatable bonds is 9. The Kier molecular flexibility index (Phi) is 7.72. The molecule has 3 aromatic rings. The number of aromatic amines is 1. The van der Waals surface area contributed by atoms with Gasteiger partial charge in [0.2, 0.25) is 10.1 Å². The number of nitrogens with one attached hydrogen (secondary N) is 2. The molecule has 184 valence electrons. The lowest BCUT2D eigenvalue weighted by Gasteiger charge is -2.34. The first-order chi connectivity index (χ1) is 16.3. The number of amides is 1. The summed E-state index contributed by atoms with van der Waals surface area (Å²) in [4.78, 5) is 19.5. The van der Waals surface area contributed by atoms with Crippen molar-refractivity contribution in [1.29, 1.82) is 0 Å². The van der Waals surface area contributed by atoms with E-state index in [1.54, 1.807) is 0 Å². The highest BCUT2D eigenvalue weighted by Crippen LogP contribution is 2.24. The van der Waals surface area contributed by atoms with E-state index in [1.807, 2.05) is 29.3 Å². The van der Waals surface area contributed by atoms with Crippen molar-refractivity contribution in [2.24, 2.45) is 0 Å². The fourth-order valence-electron chi connectivity index (χ4n) is 4.27. The van der Waals surface area contributed by atoms with Gasteiger partial charge >= 0.3 is 6.18 Å². The number of carbonyl (C=O) groups is 1. The van der Waals surface area contributed by atoms with E-state index in [0.29, 0.717) is 37.7 Å². The van der Waals surface area contributed by atoms with Crippen molar-refractivity contribution in [1.82, 2.24) is 25.4 Å². The summed E-state index contributed by atoms with van der Waals surface area (Å²) in [6.07, 6.45) is 1.39. The Morgan fingerprint density at radius 2 is 1.97 bits per heavy atom. The van der Waals surface area contributed by atoms with Crippen LogP contribution in [-0.4, -0.2) is 70.9 Å². The number of nitrogens with zero attached hydrogens (tertiary/aromatic N) is 4. The first-order valence-electron chi connectivity index (χ1n) is 11.6. The molecule has 11 heteroatoms. The van der Waals surface area contributed by atoms with Gasteiger partial charge in [-0.15, -0.1) is 10.2 Å². The third-order valence-electron chi connectivity index (χ3n) is 6.04. The molecular weight excluding hydrogens is 465 g/mol. The molecule has 1 aliphatic heterocycles. The smallest absolute Gasteiger partial charge is 0.361 e. The van der Waals surface area contributed by atoms with Crippen LogP contribution in [0.2, 0.25) is 0 Å². The monoisotopic (exact) mass is 494 g/mol. The number of para-hydroxylation sites is 1. The van der Waals surface area contributed by atoms with Crippen molar-refractivity contribution < 1.29 is 18.0 Å². The molecule has 4 rings (SSSR count). The molecule has 0 radical (unpaired) electrons. The van der Waals surface area contributed by atoms with Crippen LogP contribution < -0.4 is 10.2 Å². The molecule has 2 N–H and O–H groups in total. The quantitative estimate of drug-likeness (QED) is 0.466. The maximum absolute atomic E-state index is 13.0. The number of hydrogen-bond acceptors (Lipinski definition) is 6. The molecular formula is C23H29F3N6OS. The van der Waals surface area contributed by atoms with E-state index < -0.39 is 12.7 Å². The highest BCUT2D eigenvalue weighted by Gasteiger charge is 2.32. The summed E-state index contributed by atoms with van der Waals surface area (Å²) < 4.78 is 37.8. The van der Waals surface area contributed by atoms with Gasteiger partial charge in [0, 0.05) is 49.3 Å². The molecule has 1 atom stereocenters. The van der Waals surface area contributed by atoms with E-state index in [9.17, 15) is 18.0 Å². The topological polar surface area (TPSA) is 77.1 Å². The summed E-state index contributed by atoms with van der Waals surface area (Å²) in [5.74, 6) is -0.264. The molecule has 0 saturated carbocycles. The van der Waals surface area contributed by atoms with Crippen LogP contribution in [0.25, 0.3) is 10.9 Å². The molecule has 7 nitrogen and oxygen atoms in total. The third kappa shape index (κ3) is 6.26. The average molecular weight is 495 g/mol. The Bertz CT molecular complexity index is 1090.